The number of halogens is 2. The molecule has 0 atom stereocenters. The van der Waals surface area contributed by atoms with E-state index in [1.165, 1.54) is 12.8 Å². The molecule has 0 saturated carbocycles. The van der Waals surface area contributed by atoms with Crippen LogP contribution in [0.25, 0.3) is 0 Å². The summed E-state index contributed by atoms with van der Waals surface area (Å²) in [6.07, 6.45) is 6.25. The van der Waals surface area contributed by atoms with Gasteiger partial charge >= 0.3 is 8.80 Å². The molecule has 0 saturated heterocycles. The molecule has 0 aromatic heterocycles. The molecule has 0 aliphatic heterocycles. The van der Waals surface area contributed by atoms with Crippen LogP contribution in [0.1, 0.15) is 57.8 Å². The summed E-state index contributed by atoms with van der Waals surface area (Å²) in [6.45, 7) is 0. The van der Waals surface area contributed by atoms with Crippen molar-refractivity contribution in [3.05, 3.63) is 0 Å². The first-order valence-corrected chi connectivity index (χ1v) is 9.47. The third-order valence-corrected chi connectivity index (χ3v) is 6.42. The average molecular weight is 312 g/mol. The lowest BCUT2D eigenvalue weighted by Crippen LogP contribution is -2.42. The summed E-state index contributed by atoms with van der Waals surface area (Å²) in [5, 5.41) is 0. The zero-order valence-electron chi connectivity index (χ0n) is 13.1. The van der Waals surface area contributed by atoms with E-state index in [1.54, 1.807) is 21.3 Å². The first-order valence-electron chi connectivity index (χ1n) is 7.54. The minimum Gasteiger partial charge on any atom is -0.377 e. The maximum atomic E-state index is 11.9. The zero-order valence-corrected chi connectivity index (χ0v) is 14.1. The largest absolute Gasteiger partial charge is 0.500 e. The lowest BCUT2D eigenvalue weighted by molar-refractivity contribution is 0.122. The van der Waals surface area contributed by atoms with Gasteiger partial charge in [-0.05, 0) is 12.8 Å². The van der Waals surface area contributed by atoms with Crippen molar-refractivity contribution in [3.63, 3.8) is 0 Å². The lowest BCUT2D eigenvalue weighted by atomic mass is 10.1. The third-order valence-electron chi connectivity index (χ3n) is 3.59. The highest BCUT2D eigenvalue weighted by Crippen LogP contribution is 2.18. The summed E-state index contributed by atoms with van der Waals surface area (Å²) in [7, 11) is 2.53. The minimum atomic E-state index is -2.39. The second-order valence-electron chi connectivity index (χ2n) is 5.05. The van der Waals surface area contributed by atoms with Gasteiger partial charge in [-0.1, -0.05) is 38.5 Å². The Hall–Kier alpha value is -0.0431. The maximum absolute atomic E-state index is 11.9. The van der Waals surface area contributed by atoms with E-state index in [-0.39, 0.29) is 6.42 Å². The van der Waals surface area contributed by atoms with Gasteiger partial charge in [-0.2, -0.15) is 0 Å². The van der Waals surface area contributed by atoms with Crippen LogP contribution in [-0.2, 0) is 13.3 Å². The van der Waals surface area contributed by atoms with E-state index in [0.29, 0.717) is 6.42 Å². The summed E-state index contributed by atoms with van der Waals surface area (Å²) >= 11 is 0. The molecule has 0 rings (SSSR count). The van der Waals surface area contributed by atoms with Gasteiger partial charge in [0.2, 0.25) is 6.43 Å². The molecule has 122 valence electrons. The van der Waals surface area contributed by atoms with Crippen LogP contribution < -0.4 is 0 Å². The van der Waals surface area contributed by atoms with Gasteiger partial charge in [-0.15, -0.1) is 0 Å². The van der Waals surface area contributed by atoms with Crippen molar-refractivity contribution < 1.29 is 22.1 Å². The third kappa shape index (κ3) is 9.80. The van der Waals surface area contributed by atoms with E-state index < -0.39 is 15.2 Å². The molecule has 0 aromatic rings. The average Bonchev–Trinajstić information content (AvgIpc) is 2.45. The Bertz CT molecular complexity index is 206. The van der Waals surface area contributed by atoms with Crippen LogP contribution in [0.3, 0.4) is 0 Å². The van der Waals surface area contributed by atoms with Crippen molar-refractivity contribution in [2.75, 3.05) is 21.3 Å². The Kier molecular flexibility index (Phi) is 12.7. The van der Waals surface area contributed by atoms with Crippen LogP contribution in [-0.4, -0.2) is 36.6 Å². The first-order chi connectivity index (χ1) is 9.60. The molecule has 0 amide bonds. The van der Waals surface area contributed by atoms with Crippen molar-refractivity contribution >= 4 is 8.80 Å². The van der Waals surface area contributed by atoms with E-state index >= 15 is 0 Å². The van der Waals surface area contributed by atoms with Gasteiger partial charge in [0.05, 0.1) is 0 Å². The second kappa shape index (κ2) is 12.7. The minimum absolute atomic E-state index is 0.0533. The van der Waals surface area contributed by atoms with Crippen LogP contribution in [0.2, 0.25) is 6.04 Å². The molecule has 0 aromatic carbocycles. The molecule has 0 heterocycles. The van der Waals surface area contributed by atoms with Gasteiger partial charge in [0, 0.05) is 33.8 Å². The molecule has 0 fully saturated rings. The van der Waals surface area contributed by atoms with Gasteiger partial charge < -0.3 is 13.3 Å². The molecular weight excluding hydrogens is 282 g/mol. The molecule has 6 heteroatoms. The Morgan fingerprint density at radius 2 is 1.10 bits per heavy atom. The molecule has 0 spiro atoms. The fourth-order valence-corrected chi connectivity index (χ4v) is 4.05. The van der Waals surface area contributed by atoms with Crippen LogP contribution in [0.4, 0.5) is 8.78 Å². The number of unbranched alkanes of at least 4 members (excludes halogenated alkanes) is 7. The van der Waals surface area contributed by atoms with Gasteiger partial charge in [-0.25, -0.2) is 8.78 Å². The molecule has 0 N–H and O–H groups in total. The van der Waals surface area contributed by atoms with Gasteiger partial charge in [-0.3, -0.25) is 0 Å². The van der Waals surface area contributed by atoms with E-state index in [4.69, 9.17) is 13.3 Å². The van der Waals surface area contributed by atoms with E-state index in [2.05, 4.69) is 0 Å². The molecule has 0 radical (unpaired) electrons. The number of hydrogen-bond acceptors (Lipinski definition) is 3. The molecule has 0 aliphatic carbocycles. The van der Waals surface area contributed by atoms with Crippen molar-refractivity contribution in [3.8, 4) is 0 Å². The predicted octanol–water partition coefficient (Wildman–Crippen LogP) is 4.64. The Labute approximate surface area is 123 Å². The van der Waals surface area contributed by atoms with Crippen LogP contribution in [0, 0.1) is 0 Å². The van der Waals surface area contributed by atoms with Crippen molar-refractivity contribution in [2.24, 2.45) is 0 Å². The first kappa shape index (κ1) is 20.0. The summed E-state index contributed by atoms with van der Waals surface area (Å²) in [4.78, 5) is 0. The number of alkyl halides is 2. The molecule has 0 bridgehead atoms. The molecule has 0 unspecified atom stereocenters. The van der Waals surface area contributed by atoms with Crippen molar-refractivity contribution in [2.45, 2.75) is 70.3 Å². The molecule has 20 heavy (non-hydrogen) atoms. The molecule has 0 aliphatic rings. The van der Waals surface area contributed by atoms with E-state index in [0.717, 1.165) is 38.1 Å². The second-order valence-corrected chi connectivity index (χ2v) is 8.14. The lowest BCUT2D eigenvalue weighted by Gasteiger charge is -2.24. The summed E-state index contributed by atoms with van der Waals surface area (Å²) < 4.78 is 39.9. The number of rotatable bonds is 14. The fourth-order valence-electron chi connectivity index (χ4n) is 2.26. The van der Waals surface area contributed by atoms with Gasteiger partial charge in [0.1, 0.15) is 0 Å². The van der Waals surface area contributed by atoms with E-state index in [9.17, 15) is 8.78 Å². The fraction of sp³-hybridized carbons (Fsp3) is 1.00. The SMILES string of the molecule is CO[Si](CCCCCCCCCCC(F)F)(OC)OC. The normalized spacial score (nSPS) is 12.3. The topological polar surface area (TPSA) is 27.7 Å². The quantitative estimate of drug-likeness (QED) is 0.345. The maximum Gasteiger partial charge on any atom is 0.500 e. The zero-order chi connectivity index (χ0) is 15.3. The summed E-state index contributed by atoms with van der Waals surface area (Å²) in [5.41, 5.74) is 0. The molecule has 3 nitrogen and oxygen atoms in total. The Balaban J connectivity index is 3.36. The number of hydrogen-bond donors (Lipinski definition) is 0. The Morgan fingerprint density at radius 1 is 0.700 bits per heavy atom. The van der Waals surface area contributed by atoms with Gasteiger partial charge in [0.15, 0.2) is 0 Å². The highest BCUT2D eigenvalue weighted by atomic mass is 28.4. The van der Waals surface area contributed by atoms with Crippen molar-refractivity contribution in [1.82, 2.24) is 0 Å². The standard InChI is InChI=1S/C14H30F2O3Si/c1-17-20(18-2,19-3)13-11-9-7-5-4-6-8-10-12-14(15)16/h14H,4-13H2,1-3H3. The highest BCUT2D eigenvalue weighted by Gasteiger charge is 2.36. The Morgan fingerprint density at radius 3 is 1.50 bits per heavy atom. The van der Waals surface area contributed by atoms with Crippen LogP contribution in [0.15, 0.2) is 0 Å². The molecular formula is C14H30F2O3Si. The predicted molar refractivity (Wildman–Crippen MR) is 79.1 cm³/mol. The van der Waals surface area contributed by atoms with Gasteiger partial charge in [0.25, 0.3) is 0 Å². The van der Waals surface area contributed by atoms with Crippen molar-refractivity contribution in [1.29, 1.82) is 0 Å². The van der Waals surface area contributed by atoms with E-state index in [1.807, 2.05) is 0 Å². The van der Waals surface area contributed by atoms with Crippen LogP contribution >= 0.6 is 0 Å². The summed E-state index contributed by atoms with van der Waals surface area (Å²) in [5.74, 6) is 0. The summed E-state index contributed by atoms with van der Waals surface area (Å²) in [6, 6.07) is 0.852. The monoisotopic (exact) mass is 312 g/mol. The smallest absolute Gasteiger partial charge is 0.377 e. The van der Waals surface area contributed by atoms with Crippen LogP contribution in [0.5, 0.6) is 0 Å². The highest BCUT2D eigenvalue weighted by molar-refractivity contribution is 6.60.